The van der Waals surface area contributed by atoms with E-state index in [4.69, 9.17) is 24.3 Å². The zero-order chi connectivity index (χ0) is 39.8. The summed E-state index contributed by atoms with van der Waals surface area (Å²) in [7, 11) is -4.44. The van der Waals surface area contributed by atoms with Gasteiger partial charge in [-0.2, -0.15) is 0 Å². The van der Waals surface area contributed by atoms with E-state index in [1.807, 2.05) is 12.2 Å². The number of ether oxygens (including phenoxy) is 2. The van der Waals surface area contributed by atoms with E-state index < -0.39 is 38.6 Å². The van der Waals surface area contributed by atoms with Crippen LogP contribution in [0.1, 0.15) is 136 Å². The Bertz CT molecular complexity index is 1180. The van der Waals surface area contributed by atoms with Crippen molar-refractivity contribution in [3.63, 3.8) is 0 Å². The Balaban J connectivity index is 4.45. The molecule has 4 N–H and O–H groups in total. The van der Waals surface area contributed by atoms with Gasteiger partial charge < -0.3 is 25.2 Å². The van der Waals surface area contributed by atoms with Crippen LogP contribution in [0.4, 0.5) is 0 Å². The zero-order valence-corrected chi connectivity index (χ0v) is 34.2. The number of rotatable bonds is 36. The van der Waals surface area contributed by atoms with Crippen LogP contribution in [0.15, 0.2) is 85.1 Å². The maximum absolute atomic E-state index is 12.6. The van der Waals surface area contributed by atoms with E-state index in [0.717, 1.165) is 70.6 Å². The van der Waals surface area contributed by atoms with E-state index in [-0.39, 0.29) is 32.6 Å². The lowest BCUT2D eigenvalue weighted by molar-refractivity contribution is -0.161. The molecule has 0 rings (SSSR count). The number of nitrogens with two attached hydrogens (primary N) is 1. The fourth-order valence-corrected chi connectivity index (χ4v) is 5.63. The molecule has 0 amide bonds. The number of hydrogen-bond acceptors (Lipinski definition) is 9. The number of phosphoric acid groups is 1. The van der Waals surface area contributed by atoms with E-state index >= 15 is 0 Å². The van der Waals surface area contributed by atoms with Gasteiger partial charge >= 0.3 is 19.8 Å². The maximum Gasteiger partial charge on any atom is 0.472 e. The van der Waals surface area contributed by atoms with Gasteiger partial charge in [-0.15, -0.1) is 0 Å². The van der Waals surface area contributed by atoms with Gasteiger partial charge in [-0.3, -0.25) is 18.6 Å². The van der Waals surface area contributed by atoms with E-state index in [0.29, 0.717) is 19.3 Å². The number of unbranched alkanes of at least 4 members (excludes halogenated alkanes) is 8. The summed E-state index contributed by atoms with van der Waals surface area (Å²) >= 11 is 0. The Kier molecular flexibility index (Phi) is 36.4. The molecule has 0 fully saturated rings. The summed E-state index contributed by atoms with van der Waals surface area (Å²) in [4.78, 5) is 34.8. The fraction of sp³-hybridized carbons (Fsp3) is 0.628. The Morgan fingerprint density at radius 1 is 0.667 bits per heavy atom. The molecule has 0 aliphatic carbocycles. The highest BCUT2D eigenvalue weighted by molar-refractivity contribution is 7.47. The molecule has 10 nitrogen and oxygen atoms in total. The molecule has 0 aromatic carbocycles. The normalized spacial score (nSPS) is 14.8. The van der Waals surface area contributed by atoms with Crippen LogP contribution in [0.25, 0.3) is 0 Å². The van der Waals surface area contributed by atoms with Gasteiger partial charge in [-0.1, -0.05) is 131 Å². The predicted molar refractivity (Wildman–Crippen MR) is 221 cm³/mol. The van der Waals surface area contributed by atoms with Gasteiger partial charge in [0.05, 0.1) is 19.3 Å². The van der Waals surface area contributed by atoms with Crippen LogP contribution in [-0.4, -0.2) is 60.5 Å². The molecule has 0 spiro atoms. The standard InChI is InChI=1S/C43H72NO9P/c1-3-5-7-9-11-13-15-17-18-20-22-24-26-28-30-34-42(46)50-38-41(39-52-54(48,49)51-37-36-44)53-43(47)35-31-33-40(45)32-29-27-25-23-21-19-16-14-12-10-8-6-4-2/h6,8,11-14,17-19,21,25,27,29,32,40-41,45H,3-5,7,9-10,15-16,20,22-24,26,28,30-31,33-39,44H2,1-2H3,(H,48,49)/b8-6-,13-11-,14-12-,18-17-,21-19-,27-25-,32-29+/t40?,41-/m1/s1. The summed E-state index contributed by atoms with van der Waals surface area (Å²) in [6.45, 7) is 3.31. The first kappa shape index (κ1) is 51.1. The number of carbonyl (C=O) groups excluding carboxylic acids is 2. The third kappa shape index (κ3) is 37.5. The molecule has 0 aliphatic heterocycles. The number of phosphoric ester groups is 1. The summed E-state index contributed by atoms with van der Waals surface area (Å²) in [5.41, 5.74) is 5.32. The van der Waals surface area contributed by atoms with Crippen molar-refractivity contribution in [2.75, 3.05) is 26.4 Å². The van der Waals surface area contributed by atoms with Crippen molar-refractivity contribution in [2.45, 2.75) is 148 Å². The van der Waals surface area contributed by atoms with Gasteiger partial charge in [-0.05, 0) is 77.0 Å². The molecule has 0 radical (unpaired) electrons. The van der Waals surface area contributed by atoms with Crippen LogP contribution < -0.4 is 5.73 Å². The number of allylic oxidation sites excluding steroid dienone is 13. The van der Waals surface area contributed by atoms with Crippen LogP contribution in [0.2, 0.25) is 0 Å². The second kappa shape index (κ2) is 38.4. The Labute approximate surface area is 326 Å². The van der Waals surface area contributed by atoms with Crippen molar-refractivity contribution >= 4 is 19.8 Å². The summed E-state index contributed by atoms with van der Waals surface area (Å²) in [6, 6.07) is 0. The number of aliphatic hydroxyl groups is 1. The lowest BCUT2D eigenvalue weighted by atomic mass is 10.1. The van der Waals surface area contributed by atoms with Gasteiger partial charge in [0.1, 0.15) is 6.61 Å². The first-order chi connectivity index (χ1) is 26.2. The predicted octanol–water partition coefficient (Wildman–Crippen LogP) is 10.2. The third-order valence-electron chi connectivity index (χ3n) is 7.87. The molecule has 0 saturated heterocycles. The van der Waals surface area contributed by atoms with Crippen molar-refractivity contribution < 1.29 is 42.7 Å². The fourth-order valence-electron chi connectivity index (χ4n) is 4.87. The highest BCUT2D eigenvalue weighted by Crippen LogP contribution is 2.43. The first-order valence-corrected chi connectivity index (χ1v) is 21.7. The van der Waals surface area contributed by atoms with Crippen molar-refractivity contribution in [3.8, 4) is 0 Å². The number of esters is 2. The molecule has 0 aromatic heterocycles. The molecule has 308 valence electrons. The lowest BCUT2D eigenvalue weighted by Gasteiger charge is -2.20. The molecule has 0 aromatic rings. The van der Waals surface area contributed by atoms with Crippen LogP contribution in [0, 0.1) is 0 Å². The molecule has 0 bridgehead atoms. The average molecular weight is 778 g/mol. The minimum atomic E-state index is -4.44. The van der Waals surface area contributed by atoms with Gasteiger partial charge in [0.25, 0.3) is 0 Å². The topological polar surface area (TPSA) is 155 Å². The molecule has 0 heterocycles. The number of hydrogen-bond donors (Lipinski definition) is 3. The average Bonchev–Trinajstić information content (AvgIpc) is 3.15. The highest BCUT2D eigenvalue weighted by Gasteiger charge is 2.26. The van der Waals surface area contributed by atoms with Crippen molar-refractivity contribution in [1.29, 1.82) is 0 Å². The zero-order valence-electron chi connectivity index (χ0n) is 33.3. The summed E-state index contributed by atoms with van der Waals surface area (Å²) in [5.74, 6) is -1.06. The minimum absolute atomic E-state index is 0.00819. The van der Waals surface area contributed by atoms with Crippen LogP contribution >= 0.6 is 7.82 Å². The largest absolute Gasteiger partial charge is 0.472 e. The lowest BCUT2D eigenvalue weighted by Crippen LogP contribution is -2.29. The molecule has 2 unspecified atom stereocenters. The van der Waals surface area contributed by atoms with Crippen molar-refractivity contribution in [3.05, 3.63) is 85.1 Å². The summed E-state index contributed by atoms with van der Waals surface area (Å²) in [6.07, 6.45) is 43.6. The molecular weight excluding hydrogens is 705 g/mol. The summed E-state index contributed by atoms with van der Waals surface area (Å²) < 4.78 is 32.5. The Morgan fingerprint density at radius 2 is 1.24 bits per heavy atom. The second-order valence-corrected chi connectivity index (χ2v) is 14.4. The Hall–Kier alpha value is -2.85. The van der Waals surface area contributed by atoms with Crippen LogP contribution in [0.3, 0.4) is 0 Å². The molecule has 3 atom stereocenters. The van der Waals surface area contributed by atoms with Crippen molar-refractivity contribution in [1.82, 2.24) is 0 Å². The van der Waals surface area contributed by atoms with E-state index in [1.165, 1.54) is 19.3 Å². The van der Waals surface area contributed by atoms with Crippen molar-refractivity contribution in [2.24, 2.45) is 5.73 Å². The monoisotopic (exact) mass is 777 g/mol. The summed E-state index contributed by atoms with van der Waals surface area (Å²) in [5, 5.41) is 10.3. The van der Waals surface area contributed by atoms with Gasteiger partial charge in [0.2, 0.25) is 0 Å². The smallest absolute Gasteiger partial charge is 0.462 e. The Morgan fingerprint density at radius 3 is 1.89 bits per heavy atom. The van der Waals surface area contributed by atoms with Crippen LogP contribution in [0.5, 0.6) is 0 Å². The van der Waals surface area contributed by atoms with Gasteiger partial charge in [0.15, 0.2) is 6.10 Å². The SMILES string of the molecule is CC/C=C\C/C=C\C/C=C\C/C=C\C=C\C(O)CCCC(=O)O[C@H](COC(=O)CCCCCCC/C=C\C/C=C\CCCCC)COP(=O)(O)OCCN. The molecule has 11 heteroatoms. The molecule has 54 heavy (non-hydrogen) atoms. The minimum Gasteiger partial charge on any atom is -0.462 e. The molecule has 0 aliphatic rings. The number of aliphatic hydroxyl groups excluding tert-OH is 1. The number of carbonyl (C=O) groups is 2. The van der Waals surface area contributed by atoms with Gasteiger partial charge in [-0.25, -0.2) is 4.57 Å². The first-order valence-electron chi connectivity index (χ1n) is 20.2. The quantitative estimate of drug-likeness (QED) is 0.0184. The molecule has 0 saturated carbocycles. The van der Waals surface area contributed by atoms with E-state index in [9.17, 15) is 24.2 Å². The third-order valence-corrected chi connectivity index (χ3v) is 8.85. The second-order valence-electron chi connectivity index (χ2n) is 13.0. The van der Waals surface area contributed by atoms with Gasteiger partial charge in [0, 0.05) is 19.4 Å². The van der Waals surface area contributed by atoms with Crippen LogP contribution in [-0.2, 0) is 32.7 Å². The highest BCUT2D eigenvalue weighted by atomic mass is 31.2. The maximum atomic E-state index is 12.6. The van der Waals surface area contributed by atoms with E-state index in [1.54, 1.807) is 12.2 Å². The molecular formula is C43H72NO9P. The van der Waals surface area contributed by atoms with E-state index in [2.05, 4.69) is 74.6 Å².